The van der Waals surface area contributed by atoms with Crippen LogP contribution >= 0.6 is 0 Å². The molecular weight excluding hydrogens is 382 g/mol. The molecule has 4 heteroatoms. The quantitative estimate of drug-likeness (QED) is 0.287. The Kier molecular flexibility index (Phi) is 11.0. The van der Waals surface area contributed by atoms with E-state index in [-0.39, 0.29) is 0 Å². The summed E-state index contributed by atoms with van der Waals surface area (Å²) < 4.78 is 37.6. The van der Waals surface area contributed by atoms with Crippen molar-refractivity contribution in [1.29, 1.82) is 0 Å². The van der Waals surface area contributed by atoms with Crippen LogP contribution < -0.4 is 9.47 Å². The molecule has 0 bridgehead atoms. The first kappa shape index (κ1) is 23.9. The number of rotatable bonds is 14. The standard InChI is InChI=1S/C26H34F2O2/c1-3-5-7-9-17-29-23-13-11-21(12-14-23)25-16-15-24(19-22(25)20-26(27)28)30-18-10-8-6-4-2/h11-16,19-20H,3-10,17-18H2,1-2H3. The highest BCUT2D eigenvalue weighted by Crippen LogP contribution is 2.31. The van der Waals surface area contributed by atoms with Gasteiger partial charge in [-0.2, -0.15) is 8.78 Å². The average molecular weight is 417 g/mol. The van der Waals surface area contributed by atoms with E-state index in [4.69, 9.17) is 9.47 Å². The van der Waals surface area contributed by atoms with Gasteiger partial charge >= 0.3 is 0 Å². The number of hydrogen-bond donors (Lipinski definition) is 0. The first-order chi connectivity index (χ1) is 14.6. The lowest BCUT2D eigenvalue weighted by Gasteiger charge is -2.12. The molecule has 2 aromatic rings. The number of ether oxygens (including phenoxy) is 2. The molecule has 0 heterocycles. The van der Waals surface area contributed by atoms with E-state index in [0.29, 0.717) is 24.5 Å². The second-order valence-electron chi connectivity index (χ2n) is 7.53. The SMILES string of the molecule is CCCCCCOc1ccc(-c2ccc(OCCCCCC)cc2C=C(F)F)cc1. The first-order valence-corrected chi connectivity index (χ1v) is 11.2. The minimum Gasteiger partial charge on any atom is -0.494 e. The van der Waals surface area contributed by atoms with E-state index in [9.17, 15) is 8.78 Å². The predicted octanol–water partition coefficient (Wildman–Crippen LogP) is 8.51. The third-order valence-electron chi connectivity index (χ3n) is 4.99. The zero-order chi connectivity index (χ0) is 21.6. The lowest BCUT2D eigenvalue weighted by atomic mass is 9.99. The lowest BCUT2D eigenvalue weighted by Crippen LogP contribution is -1.98. The first-order valence-electron chi connectivity index (χ1n) is 11.2. The van der Waals surface area contributed by atoms with Crippen molar-refractivity contribution in [2.75, 3.05) is 13.2 Å². The van der Waals surface area contributed by atoms with Gasteiger partial charge < -0.3 is 9.47 Å². The van der Waals surface area contributed by atoms with E-state index in [1.54, 1.807) is 6.07 Å². The van der Waals surface area contributed by atoms with E-state index in [1.807, 2.05) is 36.4 Å². The van der Waals surface area contributed by atoms with Gasteiger partial charge in [-0.1, -0.05) is 70.6 Å². The second kappa shape index (κ2) is 13.8. The molecule has 0 atom stereocenters. The Morgan fingerprint density at radius 1 is 0.733 bits per heavy atom. The molecule has 30 heavy (non-hydrogen) atoms. The van der Waals surface area contributed by atoms with E-state index < -0.39 is 6.08 Å². The van der Waals surface area contributed by atoms with Gasteiger partial charge in [-0.15, -0.1) is 0 Å². The van der Waals surface area contributed by atoms with Crippen LogP contribution in [0.1, 0.15) is 70.8 Å². The Balaban J connectivity index is 2.05. The topological polar surface area (TPSA) is 18.5 Å². The van der Waals surface area contributed by atoms with Crippen molar-refractivity contribution in [2.24, 2.45) is 0 Å². The summed E-state index contributed by atoms with van der Waals surface area (Å²) in [7, 11) is 0. The Bertz CT molecular complexity index is 765. The van der Waals surface area contributed by atoms with Crippen LogP contribution in [0.3, 0.4) is 0 Å². The summed E-state index contributed by atoms with van der Waals surface area (Å²) in [6, 6.07) is 13.0. The van der Waals surface area contributed by atoms with Gasteiger partial charge in [-0.05, 0) is 53.8 Å². The van der Waals surface area contributed by atoms with Crippen molar-refractivity contribution < 1.29 is 18.3 Å². The zero-order valence-electron chi connectivity index (χ0n) is 18.3. The molecule has 0 radical (unpaired) electrons. The van der Waals surface area contributed by atoms with Gasteiger partial charge in [0.2, 0.25) is 0 Å². The number of hydrogen-bond acceptors (Lipinski definition) is 2. The van der Waals surface area contributed by atoms with Gasteiger partial charge in [0.05, 0.1) is 13.2 Å². The average Bonchev–Trinajstić information content (AvgIpc) is 2.74. The second-order valence-corrected chi connectivity index (χ2v) is 7.53. The summed E-state index contributed by atoms with van der Waals surface area (Å²) in [4.78, 5) is 0. The minimum atomic E-state index is -1.72. The van der Waals surface area contributed by atoms with Gasteiger partial charge in [0.1, 0.15) is 11.5 Å². The van der Waals surface area contributed by atoms with Crippen LogP contribution in [0.2, 0.25) is 0 Å². The van der Waals surface area contributed by atoms with Crippen LogP contribution in [0, 0.1) is 0 Å². The smallest absolute Gasteiger partial charge is 0.270 e. The molecule has 0 aliphatic rings. The van der Waals surface area contributed by atoms with E-state index in [1.165, 1.54) is 32.1 Å². The van der Waals surface area contributed by atoms with Crippen molar-refractivity contribution in [1.82, 2.24) is 0 Å². The molecule has 0 aliphatic carbocycles. The van der Waals surface area contributed by atoms with Gasteiger partial charge in [0.15, 0.2) is 0 Å². The fraction of sp³-hybridized carbons (Fsp3) is 0.462. The molecular formula is C26H34F2O2. The molecule has 0 N–H and O–H groups in total. The van der Waals surface area contributed by atoms with Crippen molar-refractivity contribution in [3.05, 3.63) is 54.1 Å². The third-order valence-corrected chi connectivity index (χ3v) is 4.99. The Morgan fingerprint density at radius 2 is 1.30 bits per heavy atom. The molecule has 0 unspecified atom stereocenters. The van der Waals surface area contributed by atoms with Crippen LogP contribution in [0.4, 0.5) is 8.78 Å². The highest BCUT2D eigenvalue weighted by Gasteiger charge is 2.08. The molecule has 0 aliphatic heterocycles. The van der Waals surface area contributed by atoms with Crippen LogP contribution in [-0.2, 0) is 0 Å². The monoisotopic (exact) mass is 416 g/mol. The number of halogens is 2. The highest BCUT2D eigenvalue weighted by atomic mass is 19.3. The minimum absolute atomic E-state index is 0.453. The molecule has 0 fully saturated rings. The molecule has 0 spiro atoms. The summed E-state index contributed by atoms with van der Waals surface area (Å²) in [5.74, 6) is 1.42. The van der Waals surface area contributed by atoms with Crippen molar-refractivity contribution in [2.45, 2.75) is 65.2 Å². The Hall–Kier alpha value is -2.36. The van der Waals surface area contributed by atoms with Crippen LogP contribution in [0.5, 0.6) is 11.5 Å². The van der Waals surface area contributed by atoms with Crippen molar-refractivity contribution in [3.8, 4) is 22.6 Å². The summed E-state index contributed by atoms with van der Waals surface area (Å²) in [6.07, 6.45) is 8.26. The summed E-state index contributed by atoms with van der Waals surface area (Å²) >= 11 is 0. The van der Waals surface area contributed by atoms with Crippen LogP contribution in [-0.4, -0.2) is 13.2 Å². The van der Waals surface area contributed by atoms with Crippen molar-refractivity contribution in [3.63, 3.8) is 0 Å². The van der Waals surface area contributed by atoms with E-state index in [0.717, 1.165) is 42.2 Å². The van der Waals surface area contributed by atoms with Crippen molar-refractivity contribution >= 4 is 6.08 Å². The van der Waals surface area contributed by atoms with Crippen LogP contribution in [0.15, 0.2) is 48.5 Å². The molecule has 2 nitrogen and oxygen atoms in total. The van der Waals surface area contributed by atoms with Gasteiger partial charge in [0.25, 0.3) is 6.08 Å². The molecule has 2 aromatic carbocycles. The molecule has 0 saturated heterocycles. The third kappa shape index (κ3) is 8.56. The Morgan fingerprint density at radius 3 is 1.87 bits per heavy atom. The van der Waals surface area contributed by atoms with Gasteiger partial charge in [-0.25, -0.2) is 0 Å². The van der Waals surface area contributed by atoms with E-state index >= 15 is 0 Å². The maximum atomic E-state index is 13.0. The summed E-state index contributed by atoms with van der Waals surface area (Å²) in [6.45, 7) is 5.65. The van der Waals surface area contributed by atoms with Gasteiger partial charge in [0, 0.05) is 6.08 Å². The molecule has 0 saturated carbocycles. The number of unbranched alkanes of at least 4 members (excludes halogenated alkanes) is 6. The highest BCUT2D eigenvalue weighted by molar-refractivity contribution is 5.76. The number of benzene rings is 2. The normalized spacial score (nSPS) is 10.7. The maximum absolute atomic E-state index is 13.0. The zero-order valence-corrected chi connectivity index (χ0v) is 18.3. The molecule has 0 aromatic heterocycles. The molecule has 0 amide bonds. The maximum Gasteiger partial charge on any atom is 0.270 e. The largest absolute Gasteiger partial charge is 0.494 e. The van der Waals surface area contributed by atoms with E-state index in [2.05, 4.69) is 13.8 Å². The lowest BCUT2D eigenvalue weighted by molar-refractivity contribution is 0.305. The summed E-state index contributed by atoms with van der Waals surface area (Å²) in [5, 5.41) is 0. The summed E-state index contributed by atoms with van der Waals surface area (Å²) in [5.41, 5.74) is 2.07. The Labute approximate surface area is 179 Å². The van der Waals surface area contributed by atoms with Gasteiger partial charge in [-0.3, -0.25) is 0 Å². The predicted molar refractivity (Wildman–Crippen MR) is 121 cm³/mol. The molecule has 164 valence electrons. The van der Waals surface area contributed by atoms with Crippen LogP contribution in [0.25, 0.3) is 17.2 Å². The fourth-order valence-electron chi connectivity index (χ4n) is 3.30. The molecule has 2 rings (SSSR count). The fourth-order valence-corrected chi connectivity index (χ4v) is 3.30.